The molecule has 1 atom stereocenters. The Hall–Kier alpha value is -1.96. The van der Waals surface area contributed by atoms with Crippen molar-refractivity contribution in [2.75, 3.05) is 17.1 Å². The minimum atomic E-state index is -3.73. The maximum atomic E-state index is 12.9. The van der Waals surface area contributed by atoms with Crippen molar-refractivity contribution in [1.29, 1.82) is 0 Å². The third-order valence-corrected chi connectivity index (χ3v) is 6.72. The summed E-state index contributed by atoms with van der Waals surface area (Å²) in [6.45, 7) is 5.50. The molecule has 1 heterocycles. The first kappa shape index (κ1) is 22.7. The number of benzene rings is 2. The van der Waals surface area contributed by atoms with Gasteiger partial charge in [-0.15, -0.1) is 0 Å². The molecule has 0 aromatic heterocycles. The van der Waals surface area contributed by atoms with E-state index in [1.165, 1.54) is 18.2 Å². The van der Waals surface area contributed by atoms with E-state index < -0.39 is 21.5 Å². The molecule has 2 aromatic carbocycles. The first-order valence-corrected chi connectivity index (χ1v) is 12.0. The number of nitrogens with zero attached hydrogens (tertiary/aromatic N) is 1. The number of carbonyl (C=O) groups is 1. The van der Waals surface area contributed by atoms with Crippen molar-refractivity contribution in [1.82, 2.24) is 5.32 Å². The molecule has 9 heteroatoms. The SMILES string of the molecule is Cc1ccc2c(c1)OC(C)(C)CC2NC(=O)CN(c1ccc(Cl)c(Cl)c1)S(C)(=O)=O. The van der Waals surface area contributed by atoms with Crippen molar-refractivity contribution >= 4 is 44.8 Å². The lowest BCUT2D eigenvalue weighted by Gasteiger charge is -2.38. The lowest BCUT2D eigenvalue weighted by atomic mass is 9.89. The third kappa shape index (κ3) is 5.20. The fraction of sp³-hybridized carbons (Fsp3) is 0.381. The van der Waals surface area contributed by atoms with E-state index in [1.807, 2.05) is 39.0 Å². The molecule has 0 aliphatic carbocycles. The number of nitrogens with one attached hydrogen (secondary N) is 1. The summed E-state index contributed by atoms with van der Waals surface area (Å²) in [5.41, 5.74) is 1.72. The molecule has 30 heavy (non-hydrogen) atoms. The largest absolute Gasteiger partial charge is 0.487 e. The van der Waals surface area contributed by atoms with Crippen molar-refractivity contribution in [3.05, 3.63) is 57.6 Å². The predicted octanol–water partition coefficient (Wildman–Crippen LogP) is 4.49. The van der Waals surface area contributed by atoms with E-state index >= 15 is 0 Å². The van der Waals surface area contributed by atoms with Crippen LogP contribution in [0.2, 0.25) is 10.0 Å². The van der Waals surface area contributed by atoms with Crippen molar-refractivity contribution in [2.24, 2.45) is 0 Å². The second-order valence-electron chi connectivity index (χ2n) is 8.10. The Morgan fingerprint density at radius 3 is 2.53 bits per heavy atom. The summed E-state index contributed by atoms with van der Waals surface area (Å²) in [5.74, 6) is 0.293. The van der Waals surface area contributed by atoms with Crippen LogP contribution in [0, 0.1) is 6.92 Å². The fourth-order valence-electron chi connectivity index (χ4n) is 3.50. The summed E-state index contributed by atoms with van der Waals surface area (Å²) in [7, 11) is -3.73. The van der Waals surface area contributed by atoms with Gasteiger partial charge in [-0.2, -0.15) is 0 Å². The van der Waals surface area contributed by atoms with Crippen LogP contribution in [0.5, 0.6) is 5.75 Å². The van der Waals surface area contributed by atoms with E-state index in [0.29, 0.717) is 11.4 Å². The van der Waals surface area contributed by atoms with Gasteiger partial charge in [0.2, 0.25) is 15.9 Å². The molecule has 1 N–H and O–H groups in total. The quantitative estimate of drug-likeness (QED) is 0.698. The van der Waals surface area contributed by atoms with Crippen LogP contribution in [-0.4, -0.2) is 32.7 Å². The Morgan fingerprint density at radius 1 is 1.20 bits per heavy atom. The van der Waals surface area contributed by atoms with E-state index in [2.05, 4.69) is 5.32 Å². The fourth-order valence-corrected chi connectivity index (χ4v) is 4.64. The Labute approximate surface area is 187 Å². The molecule has 0 saturated heterocycles. The van der Waals surface area contributed by atoms with Crippen LogP contribution < -0.4 is 14.4 Å². The molecule has 0 fully saturated rings. The van der Waals surface area contributed by atoms with Gasteiger partial charge in [0.15, 0.2) is 0 Å². The molecule has 0 saturated carbocycles. The van der Waals surface area contributed by atoms with Crippen LogP contribution in [-0.2, 0) is 14.8 Å². The zero-order chi connectivity index (χ0) is 22.3. The van der Waals surface area contributed by atoms with Crippen molar-refractivity contribution in [2.45, 2.75) is 38.8 Å². The minimum Gasteiger partial charge on any atom is -0.487 e. The highest BCUT2D eigenvalue weighted by atomic mass is 35.5. The van der Waals surface area contributed by atoms with Gasteiger partial charge >= 0.3 is 0 Å². The summed E-state index contributed by atoms with van der Waals surface area (Å²) in [5, 5.41) is 3.47. The van der Waals surface area contributed by atoms with E-state index in [0.717, 1.165) is 27.4 Å². The topological polar surface area (TPSA) is 75.7 Å². The summed E-state index contributed by atoms with van der Waals surface area (Å²) in [6, 6.07) is 9.96. The molecule has 2 aromatic rings. The minimum absolute atomic E-state index is 0.207. The average Bonchev–Trinajstić information content (AvgIpc) is 2.60. The molecular weight excluding hydrogens is 447 g/mol. The van der Waals surface area contributed by atoms with Crippen LogP contribution in [0.15, 0.2) is 36.4 Å². The van der Waals surface area contributed by atoms with Gasteiger partial charge in [-0.25, -0.2) is 8.42 Å². The van der Waals surface area contributed by atoms with E-state index in [1.54, 1.807) is 0 Å². The van der Waals surface area contributed by atoms with Gasteiger partial charge in [0.1, 0.15) is 17.9 Å². The maximum absolute atomic E-state index is 12.9. The first-order chi connectivity index (χ1) is 13.9. The maximum Gasteiger partial charge on any atom is 0.241 e. The highest BCUT2D eigenvalue weighted by Crippen LogP contribution is 2.40. The summed E-state index contributed by atoms with van der Waals surface area (Å²) in [6.07, 6.45) is 1.60. The number of aryl methyl sites for hydroxylation is 1. The van der Waals surface area contributed by atoms with Crippen LogP contribution in [0.4, 0.5) is 5.69 Å². The highest BCUT2D eigenvalue weighted by Gasteiger charge is 2.35. The van der Waals surface area contributed by atoms with Gasteiger partial charge in [0.25, 0.3) is 0 Å². The first-order valence-electron chi connectivity index (χ1n) is 9.37. The standard InChI is InChI=1S/C21H24Cl2N2O4S/c1-13-5-7-15-18(11-21(2,3)29-19(15)9-13)24-20(26)12-25(30(4,27)28)14-6-8-16(22)17(23)10-14/h5-10,18H,11-12H2,1-4H3,(H,24,26). The van der Waals surface area contributed by atoms with Crippen LogP contribution in [0.3, 0.4) is 0 Å². The number of fused-ring (bicyclic) bond motifs is 1. The molecule has 1 aliphatic rings. The molecule has 0 spiro atoms. The van der Waals surface area contributed by atoms with Crippen molar-refractivity contribution in [3.63, 3.8) is 0 Å². The predicted molar refractivity (Wildman–Crippen MR) is 120 cm³/mol. The number of carbonyl (C=O) groups excluding carboxylic acids is 1. The summed E-state index contributed by atoms with van der Waals surface area (Å²) < 4.78 is 31.8. The second kappa shape index (κ2) is 8.29. The van der Waals surface area contributed by atoms with E-state index in [9.17, 15) is 13.2 Å². The number of amides is 1. The zero-order valence-corrected chi connectivity index (χ0v) is 19.5. The van der Waals surface area contributed by atoms with Crippen molar-refractivity contribution < 1.29 is 17.9 Å². The lowest BCUT2D eigenvalue weighted by molar-refractivity contribution is -0.120. The number of hydrogen-bond acceptors (Lipinski definition) is 4. The Balaban J connectivity index is 1.85. The number of sulfonamides is 1. The molecule has 0 radical (unpaired) electrons. The zero-order valence-electron chi connectivity index (χ0n) is 17.2. The van der Waals surface area contributed by atoms with Gasteiger partial charge < -0.3 is 10.1 Å². The third-order valence-electron chi connectivity index (χ3n) is 4.84. The normalized spacial score (nSPS) is 17.6. The Bertz CT molecular complexity index is 1090. The lowest BCUT2D eigenvalue weighted by Crippen LogP contribution is -2.45. The number of anilines is 1. The van der Waals surface area contributed by atoms with E-state index in [4.69, 9.17) is 27.9 Å². The monoisotopic (exact) mass is 470 g/mol. The van der Waals surface area contributed by atoms with E-state index in [-0.39, 0.29) is 23.3 Å². The number of hydrogen-bond donors (Lipinski definition) is 1. The molecule has 162 valence electrons. The molecule has 1 amide bonds. The average molecular weight is 471 g/mol. The highest BCUT2D eigenvalue weighted by molar-refractivity contribution is 7.92. The Kier molecular flexibility index (Phi) is 6.28. The molecular formula is C21H24Cl2N2O4S. The van der Waals surface area contributed by atoms with Crippen molar-refractivity contribution in [3.8, 4) is 5.75 Å². The van der Waals surface area contributed by atoms with Crippen LogP contribution >= 0.6 is 23.2 Å². The smallest absolute Gasteiger partial charge is 0.241 e. The second-order valence-corrected chi connectivity index (χ2v) is 10.8. The van der Waals surface area contributed by atoms with Gasteiger partial charge in [-0.3, -0.25) is 9.10 Å². The number of rotatable bonds is 5. The molecule has 3 rings (SSSR count). The van der Waals surface area contributed by atoms with Crippen LogP contribution in [0.1, 0.15) is 37.4 Å². The van der Waals surface area contributed by atoms with Gasteiger partial charge in [-0.1, -0.05) is 35.3 Å². The van der Waals surface area contributed by atoms with Gasteiger partial charge in [0, 0.05) is 12.0 Å². The molecule has 0 bridgehead atoms. The summed E-state index contributed by atoms with van der Waals surface area (Å²) in [4.78, 5) is 12.9. The molecule has 6 nitrogen and oxygen atoms in total. The number of halogens is 2. The van der Waals surface area contributed by atoms with Gasteiger partial charge in [0.05, 0.1) is 28.0 Å². The molecule has 1 aliphatic heterocycles. The summed E-state index contributed by atoms with van der Waals surface area (Å²) >= 11 is 12.0. The van der Waals surface area contributed by atoms with Gasteiger partial charge in [-0.05, 0) is 50.6 Å². The molecule has 1 unspecified atom stereocenters. The Morgan fingerprint density at radius 2 is 1.90 bits per heavy atom. The number of ether oxygens (including phenoxy) is 1. The van der Waals surface area contributed by atoms with Crippen LogP contribution in [0.25, 0.3) is 0 Å².